The Morgan fingerprint density at radius 3 is 2.58 bits per heavy atom. The van der Waals surface area contributed by atoms with Gasteiger partial charge in [-0.1, -0.05) is 26.3 Å². The molecular formula is C28H42O5. The van der Waals surface area contributed by atoms with Gasteiger partial charge >= 0.3 is 11.9 Å². The molecule has 0 N–H and O–H groups in total. The van der Waals surface area contributed by atoms with Gasteiger partial charge in [-0.05, 0) is 91.9 Å². The first kappa shape index (κ1) is 24.5. The van der Waals surface area contributed by atoms with Crippen LogP contribution in [-0.2, 0) is 23.9 Å². The summed E-state index contributed by atoms with van der Waals surface area (Å²) in [6.07, 6.45) is 11.5. The Labute approximate surface area is 199 Å². The van der Waals surface area contributed by atoms with Gasteiger partial charge in [0.2, 0.25) is 0 Å². The molecule has 5 nitrogen and oxygen atoms in total. The second kappa shape index (κ2) is 9.19. The lowest BCUT2D eigenvalue weighted by atomic mass is 9.46. The number of carbonyl (C=O) groups excluding carboxylic acids is 3. The Morgan fingerprint density at radius 2 is 1.88 bits per heavy atom. The monoisotopic (exact) mass is 458 g/mol. The summed E-state index contributed by atoms with van der Waals surface area (Å²) < 4.78 is 10.3. The van der Waals surface area contributed by atoms with E-state index in [1.165, 1.54) is 32.4 Å². The van der Waals surface area contributed by atoms with E-state index in [9.17, 15) is 14.4 Å². The maximum atomic E-state index is 13.6. The maximum Gasteiger partial charge on any atom is 0.305 e. The van der Waals surface area contributed by atoms with E-state index in [1.807, 2.05) is 6.08 Å². The molecule has 184 valence electrons. The third-order valence-corrected chi connectivity index (χ3v) is 10.3. The van der Waals surface area contributed by atoms with Crippen molar-refractivity contribution in [2.75, 3.05) is 7.11 Å². The second-order valence-corrected chi connectivity index (χ2v) is 11.9. The van der Waals surface area contributed by atoms with Gasteiger partial charge in [0.15, 0.2) is 5.78 Å². The first-order chi connectivity index (χ1) is 15.6. The molecule has 0 radical (unpaired) electrons. The summed E-state index contributed by atoms with van der Waals surface area (Å²) in [4.78, 5) is 36.6. The summed E-state index contributed by atoms with van der Waals surface area (Å²) in [6.45, 7) is 8.64. The predicted octanol–water partition coefficient (Wildman–Crippen LogP) is 5.66. The first-order valence-electron chi connectivity index (χ1n) is 13.1. The van der Waals surface area contributed by atoms with E-state index in [2.05, 4.69) is 20.8 Å². The summed E-state index contributed by atoms with van der Waals surface area (Å²) in [5.74, 6) is 2.15. The molecule has 4 rings (SSSR count). The highest BCUT2D eigenvalue weighted by Gasteiger charge is 2.61. The minimum atomic E-state index is -0.227. The number of esters is 2. The van der Waals surface area contributed by atoms with E-state index in [1.54, 1.807) is 0 Å². The van der Waals surface area contributed by atoms with Crippen molar-refractivity contribution in [1.82, 2.24) is 0 Å². The van der Waals surface area contributed by atoms with Crippen LogP contribution in [0.4, 0.5) is 0 Å². The average molecular weight is 459 g/mol. The lowest BCUT2D eigenvalue weighted by molar-refractivity contribution is -0.149. The standard InChI is InChI=1S/C28H42O5/c1-17(7-6-8-25(31)32-5)21-9-10-22-26-23(12-14-28(21,22)4)27(3)13-11-20(33-18(2)29)15-19(27)16-24(26)30/h16-17,20-23,26H,6-15H2,1-5H3/t17-,20+,21-,22+,23+,26+,27+,28-/m1/s1. The zero-order valence-electron chi connectivity index (χ0n) is 21.2. The molecule has 0 aliphatic heterocycles. The lowest BCUT2D eigenvalue weighted by Crippen LogP contribution is -2.53. The van der Waals surface area contributed by atoms with Crippen LogP contribution in [0.1, 0.15) is 91.9 Å². The average Bonchev–Trinajstić information content (AvgIpc) is 3.11. The van der Waals surface area contributed by atoms with Crippen molar-refractivity contribution in [3.05, 3.63) is 11.6 Å². The predicted molar refractivity (Wildman–Crippen MR) is 126 cm³/mol. The van der Waals surface area contributed by atoms with Crippen molar-refractivity contribution in [2.24, 2.45) is 40.4 Å². The Morgan fingerprint density at radius 1 is 1.12 bits per heavy atom. The Bertz CT molecular complexity index is 830. The van der Waals surface area contributed by atoms with Crippen LogP contribution in [0.3, 0.4) is 0 Å². The number of hydrogen-bond acceptors (Lipinski definition) is 5. The number of hydrogen-bond donors (Lipinski definition) is 0. The fourth-order valence-electron chi connectivity index (χ4n) is 8.55. The number of rotatable bonds is 6. The molecule has 4 aliphatic carbocycles. The quantitative estimate of drug-likeness (QED) is 0.481. The second-order valence-electron chi connectivity index (χ2n) is 11.9. The third kappa shape index (κ3) is 4.30. The van der Waals surface area contributed by atoms with Crippen LogP contribution < -0.4 is 0 Å². The molecule has 3 fully saturated rings. The zero-order valence-corrected chi connectivity index (χ0v) is 21.2. The largest absolute Gasteiger partial charge is 0.469 e. The van der Waals surface area contributed by atoms with Crippen molar-refractivity contribution in [1.29, 1.82) is 0 Å². The first-order valence-corrected chi connectivity index (χ1v) is 13.1. The summed E-state index contributed by atoms with van der Waals surface area (Å²) in [6, 6.07) is 0. The summed E-state index contributed by atoms with van der Waals surface area (Å²) >= 11 is 0. The lowest BCUT2D eigenvalue weighted by Gasteiger charge is -2.57. The van der Waals surface area contributed by atoms with Gasteiger partial charge in [-0.15, -0.1) is 0 Å². The van der Waals surface area contributed by atoms with Gasteiger partial charge in [-0.25, -0.2) is 0 Å². The summed E-state index contributed by atoms with van der Waals surface area (Å²) in [5.41, 5.74) is 1.49. The Balaban J connectivity index is 1.50. The van der Waals surface area contributed by atoms with Crippen molar-refractivity contribution in [2.45, 2.75) is 98.0 Å². The minimum Gasteiger partial charge on any atom is -0.469 e. The van der Waals surface area contributed by atoms with Gasteiger partial charge in [0.1, 0.15) is 6.10 Å². The molecule has 0 bridgehead atoms. The van der Waals surface area contributed by atoms with Gasteiger partial charge in [0.05, 0.1) is 7.11 Å². The highest BCUT2D eigenvalue weighted by Crippen LogP contribution is 2.66. The van der Waals surface area contributed by atoms with E-state index < -0.39 is 0 Å². The molecule has 0 amide bonds. The van der Waals surface area contributed by atoms with Crippen LogP contribution in [-0.4, -0.2) is 30.9 Å². The SMILES string of the molecule is COC(=O)CCC[C@@H](C)[C@H]1CC[C@H]2[C@@H]3C(=O)C=C4C[C@@H](OC(C)=O)CC[C@]4(C)[C@H]3CC[C@]12C. The normalized spacial score (nSPS) is 40.7. The van der Waals surface area contributed by atoms with E-state index >= 15 is 0 Å². The molecule has 4 aliphatic rings. The van der Waals surface area contributed by atoms with Gasteiger partial charge in [-0.2, -0.15) is 0 Å². The van der Waals surface area contributed by atoms with Crippen LogP contribution in [0, 0.1) is 40.4 Å². The molecule has 0 saturated heterocycles. The number of ether oxygens (including phenoxy) is 2. The topological polar surface area (TPSA) is 69.7 Å². The highest BCUT2D eigenvalue weighted by molar-refractivity contribution is 5.94. The molecular weight excluding hydrogens is 416 g/mol. The molecule has 0 aromatic rings. The van der Waals surface area contributed by atoms with Crippen LogP contribution in [0.15, 0.2) is 11.6 Å². The van der Waals surface area contributed by atoms with Gasteiger partial charge < -0.3 is 9.47 Å². The number of allylic oxidation sites excluding steroid dienone is 1. The third-order valence-electron chi connectivity index (χ3n) is 10.3. The maximum absolute atomic E-state index is 13.6. The minimum absolute atomic E-state index is 0.0563. The van der Waals surface area contributed by atoms with E-state index in [4.69, 9.17) is 9.47 Å². The van der Waals surface area contributed by atoms with Crippen LogP contribution in [0.25, 0.3) is 0 Å². The molecule has 8 atom stereocenters. The number of carbonyl (C=O) groups is 3. The molecule has 0 unspecified atom stereocenters. The smallest absolute Gasteiger partial charge is 0.305 e. The Hall–Kier alpha value is -1.65. The van der Waals surface area contributed by atoms with Crippen LogP contribution in [0.5, 0.6) is 0 Å². The van der Waals surface area contributed by atoms with Crippen molar-refractivity contribution < 1.29 is 23.9 Å². The summed E-state index contributed by atoms with van der Waals surface area (Å²) in [5, 5.41) is 0. The number of fused-ring (bicyclic) bond motifs is 5. The zero-order chi connectivity index (χ0) is 24.0. The summed E-state index contributed by atoms with van der Waals surface area (Å²) in [7, 11) is 1.46. The van der Waals surface area contributed by atoms with Crippen molar-refractivity contribution in [3.8, 4) is 0 Å². The van der Waals surface area contributed by atoms with Crippen molar-refractivity contribution in [3.63, 3.8) is 0 Å². The molecule has 0 aromatic carbocycles. The van der Waals surface area contributed by atoms with Gasteiger partial charge in [-0.3, -0.25) is 14.4 Å². The number of methoxy groups -OCH3 is 1. The fraction of sp³-hybridized carbons (Fsp3) is 0.821. The van der Waals surface area contributed by atoms with E-state index in [0.29, 0.717) is 42.3 Å². The van der Waals surface area contributed by atoms with Gasteiger partial charge in [0, 0.05) is 25.7 Å². The highest BCUT2D eigenvalue weighted by atomic mass is 16.5. The molecule has 3 saturated carbocycles. The van der Waals surface area contributed by atoms with Crippen LogP contribution >= 0.6 is 0 Å². The van der Waals surface area contributed by atoms with E-state index in [-0.39, 0.29) is 34.8 Å². The Kier molecular flexibility index (Phi) is 6.81. The molecule has 5 heteroatoms. The van der Waals surface area contributed by atoms with Gasteiger partial charge in [0.25, 0.3) is 0 Å². The fourth-order valence-corrected chi connectivity index (χ4v) is 8.55. The molecule has 0 heterocycles. The van der Waals surface area contributed by atoms with E-state index in [0.717, 1.165) is 38.5 Å². The molecule has 0 aromatic heterocycles. The number of ketones is 1. The molecule has 0 spiro atoms. The van der Waals surface area contributed by atoms with Crippen LogP contribution in [0.2, 0.25) is 0 Å². The van der Waals surface area contributed by atoms with Crippen molar-refractivity contribution >= 4 is 17.7 Å². The molecule has 33 heavy (non-hydrogen) atoms.